The zero-order valence-corrected chi connectivity index (χ0v) is 14.3. The van der Waals surface area contributed by atoms with Crippen LogP contribution in [-0.4, -0.2) is 40.1 Å². The summed E-state index contributed by atoms with van der Waals surface area (Å²) in [5.74, 6) is 0.170. The highest BCUT2D eigenvalue weighted by atomic mass is 32.1. The molecule has 0 saturated heterocycles. The molecule has 0 fully saturated rings. The van der Waals surface area contributed by atoms with Gasteiger partial charge in [-0.3, -0.25) is 4.79 Å². The van der Waals surface area contributed by atoms with E-state index in [0.717, 1.165) is 17.0 Å². The van der Waals surface area contributed by atoms with Crippen LogP contribution in [0.25, 0.3) is 0 Å². The second-order valence-electron chi connectivity index (χ2n) is 6.39. The number of benzene rings is 1. The lowest BCUT2D eigenvalue weighted by molar-refractivity contribution is 0.0791. The average molecular weight is 332 g/mol. The number of ether oxygens (including phenoxy) is 1. The predicted octanol–water partition coefficient (Wildman–Crippen LogP) is 2.88. The molecule has 122 valence electrons. The third kappa shape index (κ3) is 3.17. The molecule has 0 aliphatic carbocycles. The number of carbonyl (C=O) groups is 1. The molecule has 0 bridgehead atoms. The van der Waals surface area contributed by atoms with E-state index in [1.165, 1.54) is 0 Å². The Morgan fingerprint density at radius 3 is 2.96 bits per heavy atom. The molecule has 1 aromatic heterocycles. The number of aromatic hydroxyl groups is 1. The number of hydrogen-bond donors (Lipinski definition) is 1. The van der Waals surface area contributed by atoms with Gasteiger partial charge in [0.05, 0.1) is 10.6 Å². The monoisotopic (exact) mass is 332 g/mol. The van der Waals surface area contributed by atoms with Crippen molar-refractivity contribution in [2.24, 2.45) is 0 Å². The van der Waals surface area contributed by atoms with E-state index in [9.17, 15) is 9.90 Å². The van der Waals surface area contributed by atoms with Crippen molar-refractivity contribution in [1.82, 2.24) is 9.88 Å². The van der Waals surface area contributed by atoms with Gasteiger partial charge in [-0.2, -0.15) is 0 Å². The average Bonchev–Trinajstić information content (AvgIpc) is 3.11. The Morgan fingerprint density at radius 1 is 1.48 bits per heavy atom. The van der Waals surface area contributed by atoms with Crippen LogP contribution in [0.4, 0.5) is 0 Å². The van der Waals surface area contributed by atoms with Gasteiger partial charge < -0.3 is 14.7 Å². The lowest BCUT2D eigenvalue weighted by Crippen LogP contribution is -2.29. The summed E-state index contributed by atoms with van der Waals surface area (Å²) in [6.45, 7) is 4.48. The topological polar surface area (TPSA) is 62.7 Å². The maximum Gasteiger partial charge on any atom is 0.257 e. The molecule has 3 rings (SSSR count). The van der Waals surface area contributed by atoms with Gasteiger partial charge in [0, 0.05) is 43.6 Å². The van der Waals surface area contributed by atoms with Gasteiger partial charge in [0.1, 0.15) is 5.60 Å². The van der Waals surface area contributed by atoms with E-state index >= 15 is 0 Å². The lowest BCUT2D eigenvalue weighted by atomic mass is 10.00. The number of hydrogen-bond acceptors (Lipinski definition) is 5. The second-order valence-corrected chi connectivity index (χ2v) is 7.37. The molecule has 0 saturated carbocycles. The Balaban J connectivity index is 1.75. The van der Waals surface area contributed by atoms with E-state index in [1.54, 1.807) is 35.5 Å². The molecular formula is C17H20N2O3S. The number of carbonyl (C=O) groups excluding carboxylic acids is 1. The van der Waals surface area contributed by atoms with Gasteiger partial charge in [0.25, 0.3) is 5.91 Å². The summed E-state index contributed by atoms with van der Waals surface area (Å²) in [5.41, 5.74) is 0.871. The van der Waals surface area contributed by atoms with Crippen LogP contribution in [0.15, 0.2) is 23.7 Å². The van der Waals surface area contributed by atoms with Gasteiger partial charge >= 0.3 is 0 Å². The zero-order chi connectivity index (χ0) is 16.6. The van der Waals surface area contributed by atoms with Crippen molar-refractivity contribution in [2.75, 3.05) is 13.6 Å². The Bertz CT molecular complexity index is 726. The number of rotatable bonds is 4. The summed E-state index contributed by atoms with van der Waals surface area (Å²) in [7, 11) is 1.73. The maximum atomic E-state index is 12.6. The summed E-state index contributed by atoms with van der Waals surface area (Å²) in [6.07, 6.45) is 3.19. The minimum atomic E-state index is -0.349. The van der Waals surface area contributed by atoms with Crippen LogP contribution in [0, 0.1) is 0 Å². The Labute approximate surface area is 139 Å². The van der Waals surface area contributed by atoms with Gasteiger partial charge in [-0.25, -0.2) is 4.98 Å². The standard InChI is InChI=1S/C17H20N2O3S/c1-17(2)10-11-4-5-12(14(20)15(11)22-17)16(21)19(3)8-6-13-18-7-9-23-13/h4-5,7,9,20H,6,8,10H2,1-3H3. The zero-order valence-electron chi connectivity index (χ0n) is 13.5. The molecule has 0 spiro atoms. The van der Waals surface area contributed by atoms with Crippen LogP contribution in [0.5, 0.6) is 11.5 Å². The van der Waals surface area contributed by atoms with Crippen LogP contribution >= 0.6 is 11.3 Å². The van der Waals surface area contributed by atoms with Gasteiger partial charge in [0.2, 0.25) is 0 Å². The SMILES string of the molecule is CN(CCc1nccs1)C(=O)c1ccc2c(c1O)OC(C)(C)C2. The molecule has 2 heterocycles. The van der Waals surface area contributed by atoms with Crippen molar-refractivity contribution in [3.8, 4) is 11.5 Å². The van der Waals surface area contributed by atoms with Gasteiger partial charge in [-0.1, -0.05) is 6.07 Å². The molecule has 1 N–H and O–H groups in total. The smallest absolute Gasteiger partial charge is 0.257 e. The number of thiazole rings is 1. The summed E-state index contributed by atoms with van der Waals surface area (Å²) >= 11 is 1.57. The third-order valence-electron chi connectivity index (χ3n) is 3.93. The molecular weight excluding hydrogens is 312 g/mol. The van der Waals surface area contributed by atoms with E-state index in [-0.39, 0.29) is 22.8 Å². The summed E-state index contributed by atoms with van der Waals surface area (Å²) in [4.78, 5) is 18.4. The molecule has 1 amide bonds. The Hall–Kier alpha value is -2.08. The van der Waals surface area contributed by atoms with E-state index in [4.69, 9.17) is 4.74 Å². The van der Waals surface area contributed by atoms with Crippen LogP contribution in [0.1, 0.15) is 34.8 Å². The van der Waals surface area contributed by atoms with Crippen molar-refractivity contribution in [1.29, 1.82) is 0 Å². The van der Waals surface area contributed by atoms with Crippen molar-refractivity contribution < 1.29 is 14.6 Å². The van der Waals surface area contributed by atoms with Crippen molar-refractivity contribution in [2.45, 2.75) is 32.3 Å². The second kappa shape index (κ2) is 5.85. The van der Waals surface area contributed by atoms with Crippen LogP contribution in [0.2, 0.25) is 0 Å². The fourth-order valence-corrected chi connectivity index (χ4v) is 3.37. The Morgan fingerprint density at radius 2 is 2.26 bits per heavy atom. The minimum absolute atomic E-state index is 0.0563. The highest BCUT2D eigenvalue weighted by molar-refractivity contribution is 7.09. The fourth-order valence-electron chi connectivity index (χ4n) is 2.76. The number of nitrogens with zero attached hydrogens (tertiary/aromatic N) is 2. The first kappa shape index (κ1) is 15.8. The first-order valence-electron chi connectivity index (χ1n) is 7.55. The highest BCUT2D eigenvalue weighted by Crippen LogP contribution is 2.43. The molecule has 1 aliphatic rings. The number of aromatic nitrogens is 1. The molecule has 0 atom stereocenters. The maximum absolute atomic E-state index is 12.6. The van der Waals surface area contributed by atoms with Crippen molar-refractivity contribution in [3.63, 3.8) is 0 Å². The molecule has 6 heteroatoms. The van der Waals surface area contributed by atoms with E-state index < -0.39 is 0 Å². The summed E-state index contributed by atoms with van der Waals surface area (Å²) in [5, 5.41) is 13.3. The normalized spacial score (nSPS) is 15.1. The minimum Gasteiger partial charge on any atom is -0.504 e. The molecule has 23 heavy (non-hydrogen) atoms. The highest BCUT2D eigenvalue weighted by Gasteiger charge is 2.34. The molecule has 0 radical (unpaired) electrons. The predicted molar refractivity (Wildman–Crippen MR) is 89.3 cm³/mol. The molecule has 2 aromatic rings. The van der Waals surface area contributed by atoms with Gasteiger partial charge in [-0.15, -0.1) is 11.3 Å². The van der Waals surface area contributed by atoms with Crippen LogP contribution in [0.3, 0.4) is 0 Å². The molecule has 0 unspecified atom stereocenters. The number of likely N-dealkylation sites (N-methyl/N-ethyl adjacent to an activating group) is 1. The first-order valence-corrected chi connectivity index (χ1v) is 8.43. The first-order chi connectivity index (χ1) is 10.9. The van der Waals surface area contributed by atoms with E-state index in [0.29, 0.717) is 18.7 Å². The van der Waals surface area contributed by atoms with Crippen LogP contribution < -0.4 is 4.74 Å². The van der Waals surface area contributed by atoms with Gasteiger partial charge in [-0.05, 0) is 19.9 Å². The number of amides is 1. The lowest BCUT2D eigenvalue weighted by Gasteiger charge is -2.19. The molecule has 1 aliphatic heterocycles. The van der Waals surface area contributed by atoms with Crippen LogP contribution in [-0.2, 0) is 12.8 Å². The number of fused-ring (bicyclic) bond motifs is 1. The summed E-state index contributed by atoms with van der Waals surface area (Å²) in [6, 6.07) is 3.55. The fraction of sp³-hybridized carbons (Fsp3) is 0.412. The molecule has 5 nitrogen and oxygen atoms in total. The number of phenolic OH excluding ortho intramolecular Hbond substituents is 1. The Kier molecular flexibility index (Phi) is 4.02. The van der Waals surface area contributed by atoms with Gasteiger partial charge in [0.15, 0.2) is 11.5 Å². The van der Waals surface area contributed by atoms with Crippen molar-refractivity contribution in [3.05, 3.63) is 39.8 Å². The quantitative estimate of drug-likeness (QED) is 0.935. The molecule has 1 aromatic carbocycles. The summed E-state index contributed by atoms with van der Waals surface area (Å²) < 4.78 is 5.79. The number of phenols is 1. The van der Waals surface area contributed by atoms with Crippen molar-refractivity contribution >= 4 is 17.2 Å². The third-order valence-corrected chi connectivity index (χ3v) is 4.77. The largest absolute Gasteiger partial charge is 0.504 e. The van der Waals surface area contributed by atoms with E-state index in [1.807, 2.05) is 25.3 Å². The van der Waals surface area contributed by atoms with E-state index in [2.05, 4.69) is 4.98 Å².